The first-order chi connectivity index (χ1) is 17.1. The van der Waals surface area contributed by atoms with Crippen molar-refractivity contribution in [3.63, 3.8) is 0 Å². The lowest BCUT2D eigenvalue weighted by molar-refractivity contribution is -0.158. The smallest absolute Gasteiger partial charge is 0.345 e. The van der Waals surface area contributed by atoms with Crippen LogP contribution in [0.1, 0.15) is 40.7 Å². The van der Waals surface area contributed by atoms with Gasteiger partial charge in [-0.3, -0.25) is 4.79 Å². The fraction of sp³-hybridized carbons (Fsp3) is 0.444. The fourth-order valence-corrected chi connectivity index (χ4v) is 5.08. The van der Waals surface area contributed by atoms with Crippen LogP contribution in [0, 0.1) is 0 Å². The molecule has 2 aliphatic rings. The van der Waals surface area contributed by atoms with E-state index in [1.54, 1.807) is 0 Å². The number of rotatable bonds is 11. The van der Waals surface area contributed by atoms with Crippen LogP contribution in [-0.4, -0.2) is 66.2 Å². The number of aromatic amines is 1. The van der Waals surface area contributed by atoms with E-state index in [1.165, 1.54) is 5.56 Å². The second kappa shape index (κ2) is 10.7. The van der Waals surface area contributed by atoms with Crippen molar-refractivity contribution in [1.29, 1.82) is 0 Å². The van der Waals surface area contributed by atoms with Crippen LogP contribution in [0.5, 0.6) is 5.75 Å². The van der Waals surface area contributed by atoms with E-state index in [-0.39, 0.29) is 12.0 Å². The molecule has 1 atom stereocenters. The number of fused-ring (bicyclic) bond motifs is 2. The average molecular weight is 484 g/mol. The number of nitrogens with zero attached hydrogens (tertiary/aromatic N) is 2. The van der Waals surface area contributed by atoms with Gasteiger partial charge in [-0.1, -0.05) is 18.2 Å². The second-order valence-electron chi connectivity index (χ2n) is 9.32. The molecule has 0 saturated carbocycles. The predicted molar refractivity (Wildman–Crippen MR) is 130 cm³/mol. The van der Waals surface area contributed by atoms with Crippen LogP contribution >= 0.6 is 0 Å². The summed E-state index contributed by atoms with van der Waals surface area (Å²) < 4.78 is 35.5. The third-order valence-corrected chi connectivity index (χ3v) is 6.95. The van der Waals surface area contributed by atoms with Gasteiger partial charge < -0.3 is 24.3 Å². The summed E-state index contributed by atoms with van der Waals surface area (Å²) in [5, 5.41) is 1.13. The molecule has 5 rings (SSSR count). The Hall–Kier alpha value is -2.97. The Morgan fingerprint density at radius 3 is 2.86 bits per heavy atom. The van der Waals surface area contributed by atoms with Gasteiger partial charge in [-0.2, -0.15) is 8.78 Å². The van der Waals surface area contributed by atoms with Gasteiger partial charge in [0.2, 0.25) is 0 Å². The Bertz CT molecular complexity index is 1170. The quantitative estimate of drug-likeness (QED) is 0.397. The maximum atomic E-state index is 12.5. The van der Waals surface area contributed by atoms with E-state index in [0.29, 0.717) is 26.1 Å². The first-order valence-corrected chi connectivity index (χ1v) is 12.3. The lowest BCUT2D eigenvalue weighted by atomic mass is 10.1. The van der Waals surface area contributed by atoms with E-state index in [0.717, 1.165) is 66.7 Å². The second-order valence-corrected chi connectivity index (χ2v) is 9.32. The monoisotopic (exact) mass is 483 g/mol. The van der Waals surface area contributed by atoms with E-state index in [4.69, 9.17) is 4.74 Å². The first-order valence-electron chi connectivity index (χ1n) is 12.3. The highest BCUT2D eigenvalue weighted by molar-refractivity contribution is 5.98. The minimum atomic E-state index is -2.70. The number of ether oxygens (including phenoxy) is 2. The molecular formula is C27H31F2N3O3. The van der Waals surface area contributed by atoms with Crippen molar-refractivity contribution in [3.05, 3.63) is 65.4 Å². The third-order valence-electron chi connectivity index (χ3n) is 6.95. The number of alkyl halides is 2. The number of unbranched alkanes of at least 4 members (excludes halogenated alkanes) is 1. The number of benzene rings is 2. The molecule has 8 heteroatoms. The molecule has 0 bridgehead atoms. The summed E-state index contributed by atoms with van der Waals surface area (Å²) in [7, 11) is 0. The molecule has 0 aliphatic carbocycles. The van der Waals surface area contributed by atoms with Crippen molar-refractivity contribution in [2.24, 2.45) is 0 Å². The Morgan fingerprint density at radius 2 is 2.00 bits per heavy atom. The number of aromatic nitrogens is 1. The lowest BCUT2D eigenvalue weighted by Gasteiger charge is -2.16. The van der Waals surface area contributed by atoms with Crippen molar-refractivity contribution >= 4 is 16.8 Å². The molecule has 0 radical (unpaired) electrons. The largest absolute Gasteiger partial charge is 0.494 e. The van der Waals surface area contributed by atoms with Crippen molar-refractivity contribution in [2.75, 3.05) is 32.8 Å². The van der Waals surface area contributed by atoms with Crippen molar-refractivity contribution < 1.29 is 23.0 Å². The Balaban J connectivity index is 1.07. The lowest BCUT2D eigenvalue weighted by Crippen LogP contribution is -2.26. The number of H-pyrrole nitrogens is 1. The van der Waals surface area contributed by atoms with Gasteiger partial charge in [-0.05, 0) is 61.1 Å². The van der Waals surface area contributed by atoms with Gasteiger partial charge in [0.25, 0.3) is 5.91 Å². The highest BCUT2D eigenvalue weighted by atomic mass is 19.3. The number of hydrogen-bond donors (Lipinski definition) is 1. The van der Waals surface area contributed by atoms with E-state index in [9.17, 15) is 13.6 Å². The van der Waals surface area contributed by atoms with Crippen LogP contribution in [0.15, 0.2) is 48.7 Å². The van der Waals surface area contributed by atoms with Crippen LogP contribution in [0.2, 0.25) is 0 Å². The molecule has 1 aromatic heterocycles. The van der Waals surface area contributed by atoms with Gasteiger partial charge in [-0.15, -0.1) is 0 Å². The maximum absolute atomic E-state index is 12.5. The zero-order chi connectivity index (χ0) is 24.2. The third kappa shape index (κ3) is 5.65. The number of carbonyl (C=O) groups excluding carboxylic acids is 1. The van der Waals surface area contributed by atoms with Crippen LogP contribution in [0.3, 0.4) is 0 Å². The number of amides is 1. The standard InChI is InChI=1S/C27H31F2N3O3/c28-27(29)35-22-10-13-31(18-22)12-9-19-16-30-25-8-7-21(15-24(19)25)34-14-4-3-11-32-17-20-5-1-2-6-23(20)26(32)33/h1-2,5-8,15-16,22,27,30H,3-4,9-14,17-18H2/t22-/m0/s1. The number of nitrogens with one attached hydrogen (secondary N) is 1. The maximum Gasteiger partial charge on any atom is 0.345 e. The van der Waals surface area contributed by atoms with Gasteiger partial charge in [-0.25, -0.2) is 0 Å². The average Bonchev–Trinajstić information content (AvgIpc) is 3.55. The number of halogens is 2. The van der Waals surface area contributed by atoms with Crippen LogP contribution in [-0.2, 0) is 17.7 Å². The zero-order valence-electron chi connectivity index (χ0n) is 19.7. The Kier molecular flexibility index (Phi) is 7.29. The van der Waals surface area contributed by atoms with E-state index < -0.39 is 6.61 Å². The molecule has 1 fully saturated rings. The molecule has 1 saturated heterocycles. The molecule has 6 nitrogen and oxygen atoms in total. The van der Waals surface area contributed by atoms with E-state index in [2.05, 4.69) is 20.7 Å². The molecule has 35 heavy (non-hydrogen) atoms. The summed E-state index contributed by atoms with van der Waals surface area (Å²) in [6.07, 6.45) is 4.88. The number of hydrogen-bond acceptors (Lipinski definition) is 4. The molecule has 0 spiro atoms. The van der Waals surface area contributed by atoms with E-state index >= 15 is 0 Å². The molecule has 2 aliphatic heterocycles. The van der Waals surface area contributed by atoms with E-state index in [1.807, 2.05) is 47.5 Å². The molecular weight excluding hydrogens is 452 g/mol. The summed E-state index contributed by atoms with van der Waals surface area (Å²) in [5.74, 6) is 0.951. The number of likely N-dealkylation sites (tertiary alicyclic amines) is 1. The Labute approximate surface area is 203 Å². The predicted octanol–water partition coefficient (Wildman–Crippen LogP) is 4.84. The SMILES string of the molecule is O=C1c2ccccc2CN1CCCCOc1ccc2[nH]cc(CCN3CC[C@H](OC(F)F)C3)c2c1. The molecule has 1 N–H and O–H groups in total. The topological polar surface area (TPSA) is 57.8 Å². The highest BCUT2D eigenvalue weighted by Crippen LogP contribution is 2.26. The highest BCUT2D eigenvalue weighted by Gasteiger charge is 2.26. The minimum Gasteiger partial charge on any atom is -0.494 e. The summed E-state index contributed by atoms with van der Waals surface area (Å²) in [5.41, 5.74) is 4.18. The number of carbonyl (C=O) groups is 1. The van der Waals surface area contributed by atoms with Gasteiger partial charge in [0.15, 0.2) is 0 Å². The molecule has 3 aromatic rings. The van der Waals surface area contributed by atoms with Gasteiger partial charge in [0.05, 0.1) is 12.7 Å². The van der Waals surface area contributed by atoms with Gasteiger partial charge >= 0.3 is 6.61 Å². The van der Waals surface area contributed by atoms with Crippen molar-refractivity contribution in [1.82, 2.24) is 14.8 Å². The summed E-state index contributed by atoms with van der Waals surface area (Å²) in [6, 6.07) is 13.9. The summed E-state index contributed by atoms with van der Waals surface area (Å²) in [6.45, 7) is 1.46. The van der Waals surface area contributed by atoms with Crippen LogP contribution < -0.4 is 4.74 Å². The molecule has 0 unspecified atom stereocenters. The van der Waals surface area contributed by atoms with Crippen LogP contribution in [0.4, 0.5) is 8.78 Å². The van der Waals surface area contributed by atoms with Gasteiger partial charge in [0, 0.05) is 55.4 Å². The molecule has 186 valence electrons. The normalized spacial score (nSPS) is 18.2. The molecule has 3 heterocycles. The zero-order valence-corrected chi connectivity index (χ0v) is 19.7. The van der Waals surface area contributed by atoms with Gasteiger partial charge in [0.1, 0.15) is 5.75 Å². The summed E-state index contributed by atoms with van der Waals surface area (Å²) >= 11 is 0. The summed E-state index contributed by atoms with van der Waals surface area (Å²) in [4.78, 5) is 19.9. The van der Waals surface area contributed by atoms with Crippen molar-refractivity contribution in [2.45, 2.75) is 44.9 Å². The fourth-order valence-electron chi connectivity index (χ4n) is 5.08. The van der Waals surface area contributed by atoms with Crippen LogP contribution in [0.25, 0.3) is 10.9 Å². The van der Waals surface area contributed by atoms with Crippen molar-refractivity contribution in [3.8, 4) is 5.75 Å². The first kappa shape index (κ1) is 23.8. The molecule has 1 amide bonds. The minimum absolute atomic E-state index is 0.123. The Morgan fingerprint density at radius 1 is 1.11 bits per heavy atom. The molecule has 2 aromatic carbocycles.